The summed E-state index contributed by atoms with van der Waals surface area (Å²) in [6, 6.07) is 13.9. The molecule has 9 heteroatoms. The smallest absolute Gasteiger partial charge is 0.412 e. The number of nitrogens with zero attached hydrogens (tertiary/aromatic N) is 3. The van der Waals surface area contributed by atoms with Gasteiger partial charge in [0.05, 0.1) is 10.7 Å². The third-order valence-corrected chi connectivity index (χ3v) is 4.38. The highest BCUT2D eigenvalue weighted by molar-refractivity contribution is 6.32. The van der Waals surface area contributed by atoms with Crippen LogP contribution in [0.2, 0.25) is 5.02 Å². The lowest BCUT2D eigenvalue weighted by molar-refractivity contribution is 0.0635. The van der Waals surface area contributed by atoms with E-state index in [0.29, 0.717) is 34.3 Å². The molecule has 0 fully saturated rings. The Hall–Kier alpha value is -3.39. The van der Waals surface area contributed by atoms with Gasteiger partial charge in [-0.25, -0.2) is 14.5 Å². The Bertz CT molecular complexity index is 1090. The number of nitrogens with one attached hydrogen (secondary N) is 2. The van der Waals surface area contributed by atoms with E-state index in [2.05, 4.69) is 20.7 Å². The zero-order valence-electron chi connectivity index (χ0n) is 17.8. The lowest BCUT2D eigenvalue weighted by atomic mass is 10.2. The van der Waals surface area contributed by atoms with Crippen molar-refractivity contribution >= 4 is 35.0 Å². The fraction of sp³-hybridized carbons (Fsp3) is 0.273. The van der Waals surface area contributed by atoms with Gasteiger partial charge in [-0.05, 0) is 57.2 Å². The van der Waals surface area contributed by atoms with Gasteiger partial charge < -0.3 is 10.1 Å². The lowest BCUT2D eigenvalue weighted by Crippen LogP contribution is -2.27. The van der Waals surface area contributed by atoms with E-state index in [1.165, 1.54) is 0 Å². The van der Waals surface area contributed by atoms with Crippen molar-refractivity contribution in [3.63, 3.8) is 0 Å². The summed E-state index contributed by atoms with van der Waals surface area (Å²) in [7, 11) is 0. The fourth-order valence-corrected chi connectivity index (χ4v) is 2.95. The number of amides is 2. The largest absolute Gasteiger partial charge is 0.444 e. The van der Waals surface area contributed by atoms with Gasteiger partial charge in [0, 0.05) is 17.8 Å². The molecule has 0 saturated carbocycles. The molecule has 0 aliphatic rings. The summed E-state index contributed by atoms with van der Waals surface area (Å²) >= 11 is 6.26. The molecule has 1 aromatic heterocycles. The third-order valence-electron chi connectivity index (χ3n) is 4.06. The van der Waals surface area contributed by atoms with Gasteiger partial charge in [0.25, 0.3) is 5.91 Å². The van der Waals surface area contributed by atoms with Gasteiger partial charge in [0.15, 0.2) is 0 Å². The fourth-order valence-electron chi connectivity index (χ4n) is 2.73. The Labute approximate surface area is 185 Å². The van der Waals surface area contributed by atoms with E-state index in [1.54, 1.807) is 55.8 Å². The number of rotatable bonds is 5. The number of hydrogen-bond donors (Lipinski definition) is 2. The second kappa shape index (κ2) is 9.18. The van der Waals surface area contributed by atoms with Crippen molar-refractivity contribution in [3.8, 4) is 5.69 Å². The van der Waals surface area contributed by atoms with Gasteiger partial charge in [-0.1, -0.05) is 30.7 Å². The summed E-state index contributed by atoms with van der Waals surface area (Å²) in [5.41, 5.74) is 1.15. The van der Waals surface area contributed by atoms with Crippen molar-refractivity contribution in [1.82, 2.24) is 14.8 Å². The van der Waals surface area contributed by atoms with Crippen LogP contribution in [0.15, 0.2) is 48.5 Å². The van der Waals surface area contributed by atoms with Crippen LogP contribution in [0, 0.1) is 0 Å². The molecular weight excluding hydrogens is 418 g/mol. The summed E-state index contributed by atoms with van der Waals surface area (Å²) in [6.45, 7) is 7.29. The summed E-state index contributed by atoms with van der Waals surface area (Å²) in [4.78, 5) is 28.8. The first-order valence-corrected chi connectivity index (χ1v) is 10.2. The van der Waals surface area contributed by atoms with Gasteiger partial charge in [-0.15, -0.1) is 5.10 Å². The highest BCUT2D eigenvalue weighted by atomic mass is 35.5. The number of aromatic nitrogens is 3. The Morgan fingerprint density at radius 2 is 1.65 bits per heavy atom. The molecule has 0 bridgehead atoms. The minimum absolute atomic E-state index is 0.0349. The van der Waals surface area contributed by atoms with E-state index >= 15 is 0 Å². The summed E-state index contributed by atoms with van der Waals surface area (Å²) < 4.78 is 6.79. The molecule has 0 aliphatic heterocycles. The first kappa shape index (κ1) is 22.3. The maximum absolute atomic E-state index is 12.7. The molecule has 3 rings (SSSR count). The number of hydrogen-bond acceptors (Lipinski definition) is 5. The summed E-state index contributed by atoms with van der Waals surface area (Å²) in [5.74, 6) is 0.205. The van der Waals surface area contributed by atoms with Crippen molar-refractivity contribution in [2.45, 2.75) is 39.7 Å². The van der Waals surface area contributed by atoms with E-state index in [0.717, 1.165) is 0 Å². The van der Waals surface area contributed by atoms with Crippen LogP contribution >= 0.6 is 11.6 Å². The van der Waals surface area contributed by atoms with Crippen molar-refractivity contribution in [3.05, 3.63) is 65.2 Å². The van der Waals surface area contributed by atoms with E-state index in [-0.39, 0.29) is 5.82 Å². The second-order valence-corrected chi connectivity index (χ2v) is 8.13. The Morgan fingerprint density at radius 1 is 1.03 bits per heavy atom. The zero-order valence-corrected chi connectivity index (χ0v) is 18.5. The predicted molar refractivity (Wildman–Crippen MR) is 120 cm³/mol. The van der Waals surface area contributed by atoms with E-state index in [1.807, 2.05) is 25.1 Å². The first-order chi connectivity index (χ1) is 14.7. The Morgan fingerprint density at radius 3 is 2.23 bits per heavy atom. The molecule has 2 N–H and O–H groups in total. The summed E-state index contributed by atoms with van der Waals surface area (Å²) in [5, 5.41) is 10.2. The number of ether oxygens (including phenoxy) is 1. The Balaban J connectivity index is 1.71. The monoisotopic (exact) mass is 441 g/mol. The van der Waals surface area contributed by atoms with Crippen molar-refractivity contribution in [1.29, 1.82) is 0 Å². The minimum Gasteiger partial charge on any atom is -0.444 e. The van der Waals surface area contributed by atoms with Crippen LogP contribution in [0.1, 0.15) is 44.1 Å². The van der Waals surface area contributed by atoms with Gasteiger partial charge >= 0.3 is 6.09 Å². The van der Waals surface area contributed by atoms with Crippen LogP contribution in [0.25, 0.3) is 5.69 Å². The highest BCUT2D eigenvalue weighted by Gasteiger charge is 2.19. The van der Waals surface area contributed by atoms with Gasteiger partial charge in [-0.2, -0.15) is 0 Å². The Kier molecular flexibility index (Phi) is 6.60. The van der Waals surface area contributed by atoms with E-state index in [4.69, 9.17) is 16.3 Å². The first-order valence-electron chi connectivity index (χ1n) is 9.78. The molecule has 0 aliphatic carbocycles. The van der Waals surface area contributed by atoms with E-state index < -0.39 is 17.6 Å². The minimum atomic E-state index is -0.588. The average Bonchev–Trinajstić information content (AvgIpc) is 3.13. The quantitative estimate of drug-likeness (QED) is 0.575. The number of carbonyl (C=O) groups excluding carboxylic acids is 2. The SMILES string of the molecule is CCc1nc(C(=O)Nc2ccc(NC(=O)OC(C)(C)C)cc2)nn1-c1ccccc1Cl. The molecule has 2 amide bonds. The molecule has 162 valence electrons. The van der Waals surface area contributed by atoms with Gasteiger partial charge in [0.1, 0.15) is 11.4 Å². The van der Waals surface area contributed by atoms with Crippen LogP contribution in [0.3, 0.4) is 0 Å². The molecule has 0 saturated heterocycles. The highest BCUT2D eigenvalue weighted by Crippen LogP contribution is 2.21. The molecule has 0 unspecified atom stereocenters. The number of halogens is 1. The molecule has 0 atom stereocenters. The third kappa shape index (κ3) is 5.82. The maximum Gasteiger partial charge on any atom is 0.412 e. The van der Waals surface area contributed by atoms with Crippen molar-refractivity contribution in [2.75, 3.05) is 10.6 Å². The molecule has 8 nitrogen and oxygen atoms in total. The maximum atomic E-state index is 12.7. The topological polar surface area (TPSA) is 98.1 Å². The number of carbonyl (C=O) groups is 2. The molecule has 2 aromatic carbocycles. The number of benzene rings is 2. The molecule has 0 radical (unpaired) electrons. The number of para-hydroxylation sites is 1. The lowest BCUT2D eigenvalue weighted by Gasteiger charge is -2.19. The normalized spacial score (nSPS) is 11.1. The second-order valence-electron chi connectivity index (χ2n) is 7.73. The van der Waals surface area contributed by atoms with Crippen LogP contribution in [-0.4, -0.2) is 32.4 Å². The summed E-state index contributed by atoms with van der Waals surface area (Å²) in [6.07, 6.45) is 0.0296. The van der Waals surface area contributed by atoms with Crippen LogP contribution in [-0.2, 0) is 11.2 Å². The molecule has 1 heterocycles. The average molecular weight is 442 g/mol. The van der Waals surface area contributed by atoms with Crippen LogP contribution < -0.4 is 10.6 Å². The number of anilines is 2. The van der Waals surface area contributed by atoms with Crippen LogP contribution in [0.4, 0.5) is 16.2 Å². The van der Waals surface area contributed by atoms with Gasteiger partial charge in [-0.3, -0.25) is 10.1 Å². The molecule has 31 heavy (non-hydrogen) atoms. The van der Waals surface area contributed by atoms with Crippen molar-refractivity contribution < 1.29 is 14.3 Å². The zero-order chi connectivity index (χ0) is 22.6. The molecular formula is C22H24ClN5O3. The number of aryl methyl sites for hydroxylation is 1. The standard InChI is InChI=1S/C22H24ClN5O3/c1-5-18-26-19(27-28(18)17-9-7-6-8-16(17)23)20(29)24-14-10-12-15(13-11-14)25-21(30)31-22(2,3)4/h6-13H,5H2,1-4H3,(H,24,29)(H,25,30). The molecule has 0 spiro atoms. The van der Waals surface area contributed by atoms with Gasteiger partial charge in [0.2, 0.25) is 5.82 Å². The van der Waals surface area contributed by atoms with Crippen molar-refractivity contribution in [2.24, 2.45) is 0 Å². The van der Waals surface area contributed by atoms with Crippen LogP contribution in [0.5, 0.6) is 0 Å². The molecule has 3 aromatic rings. The van der Waals surface area contributed by atoms with E-state index in [9.17, 15) is 9.59 Å². The predicted octanol–water partition coefficient (Wildman–Crippen LogP) is 5.08.